The molecular weight excluding hydrogens is 326 g/mol. The fourth-order valence-electron chi connectivity index (χ4n) is 4.40. The molecule has 1 saturated heterocycles. The van der Waals surface area contributed by atoms with E-state index in [4.69, 9.17) is 5.10 Å². The number of aromatic nitrogens is 3. The van der Waals surface area contributed by atoms with E-state index in [9.17, 15) is 4.79 Å². The Morgan fingerprint density at radius 3 is 2.85 bits per heavy atom. The van der Waals surface area contributed by atoms with Gasteiger partial charge in [0.1, 0.15) is 0 Å². The summed E-state index contributed by atoms with van der Waals surface area (Å²) >= 11 is 0. The van der Waals surface area contributed by atoms with E-state index in [0.717, 1.165) is 62.2 Å². The standard InChI is InChI=1S/C20H29N5O/c1-23(2)12-13-25-19-17(8-5-10-21-19)18(22-25)16-9-11-24(14-16)20(26)15-6-3-4-7-15/h5,8,10,15-16H,3-4,6-7,9,11-14H2,1-2H3. The molecule has 0 bridgehead atoms. The number of carbonyl (C=O) groups excluding carboxylic acids is 1. The first kappa shape index (κ1) is 17.5. The Kier molecular flexibility index (Phi) is 4.94. The third kappa shape index (κ3) is 3.34. The average Bonchev–Trinajstić information content (AvgIpc) is 3.38. The number of hydrogen-bond acceptors (Lipinski definition) is 4. The summed E-state index contributed by atoms with van der Waals surface area (Å²) in [5, 5.41) is 6.07. The smallest absolute Gasteiger partial charge is 0.225 e. The Balaban J connectivity index is 1.54. The van der Waals surface area contributed by atoms with Crippen molar-refractivity contribution < 1.29 is 4.79 Å². The Morgan fingerprint density at radius 2 is 2.08 bits per heavy atom. The minimum atomic E-state index is 0.268. The molecule has 1 saturated carbocycles. The molecule has 0 radical (unpaired) electrons. The molecule has 3 heterocycles. The molecule has 0 spiro atoms. The van der Waals surface area contributed by atoms with E-state index in [1.807, 2.05) is 16.9 Å². The molecule has 26 heavy (non-hydrogen) atoms. The van der Waals surface area contributed by atoms with Crippen LogP contribution in [0.4, 0.5) is 0 Å². The summed E-state index contributed by atoms with van der Waals surface area (Å²) < 4.78 is 2.03. The second kappa shape index (κ2) is 7.35. The highest BCUT2D eigenvalue weighted by Crippen LogP contribution is 2.34. The van der Waals surface area contributed by atoms with Crippen LogP contribution in [0.2, 0.25) is 0 Å². The predicted octanol–water partition coefficient (Wildman–Crippen LogP) is 2.50. The van der Waals surface area contributed by atoms with Crippen LogP contribution in [0.5, 0.6) is 0 Å². The summed E-state index contributed by atoms with van der Waals surface area (Å²) in [6, 6.07) is 4.11. The Bertz CT molecular complexity index is 778. The van der Waals surface area contributed by atoms with E-state index in [1.165, 1.54) is 12.8 Å². The van der Waals surface area contributed by atoms with Crippen molar-refractivity contribution in [3.8, 4) is 0 Å². The molecule has 1 amide bonds. The summed E-state index contributed by atoms with van der Waals surface area (Å²) in [5.74, 6) is 0.969. The SMILES string of the molecule is CN(C)CCn1nc(C2CCN(C(=O)C3CCCC3)C2)c2cccnc21. The minimum absolute atomic E-state index is 0.268. The number of likely N-dealkylation sites (tertiary alicyclic amines) is 1. The summed E-state index contributed by atoms with van der Waals surface area (Å²) in [6.45, 7) is 3.44. The lowest BCUT2D eigenvalue weighted by atomic mass is 10.0. The Labute approximate surface area is 155 Å². The third-order valence-electron chi connectivity index (χ3n) is 5.89. The van der Waals surface area contributed by atoms with Crippen LogP contribution in [0.15, 0.2) is 18.3 Å². The second-order valence-electron chi connectivity index (χ2n) is 8.04. The molecule has 140 valence electrons. The van der Waals surface area contributed by atoms with E-state index in [-0.39, 0.29) is 5.92 Å². The maximum absolute atomic E-state index is 12.8. The Morgan fingerprint density at radius 1 is 1.27 bits per heavy atom. The van der Waals surface area contributed by atoms with E-state index in [2.05, 4.69) is 34.9 Å². The van der Waals surface area contributed by atoms with Crippen LogP contribution >= 0.6 is 0 Å². The van der Waals surface area contributed by atoms with Gasteiger partial charge in [0.05, 0.1) is 12.2 Å². The van der Waals surface area contributed by atoms with Gasteiger partial charge in [-0.05, 0) is 45.5 Å². The highest BCUT2D eigenvalue weighted by Gasteiger charge is 2.34. The van der Waals surface area contributed by atoms with Gasteiger partial charge in [-0.3, -0.25) is 4.79 Å². The molecule has 1 aliphatic heterocycles. The monoisotopic (exact) mass is 355 g/mol. The predicted molar refractivity (Wildman–Crippen MR) is 102 cm³/mol. The number of likely N-dealkylation sites (N-methyl/N-ethyl adjacent to an activating group) is 1. The van der Waals surface area contributed by atoms with Crippen LogP contribution in [-0.4, -0.2) is 64.2 Å². The van der Waals surface area contributed by atoms with Crippen LogP contribution < -0.4 is 0 Å². The zero-order chi connectivity index (χ0) is 18.1. The lowest BCUT2D eigenvalue weighted by Gasteiger charge is -2.20. The van der Waals surface area contributed by atoms with E-state index in [1.54, 1.807) is 0 Å². The third-order valence-corrected chi connectivity index (χ3v) is 5.89. The summed E-state index contributed by atoms with van der Waals surface area (Å²) in [5.41, 5.74) is 2.08. The van der Waals surface area contributed by atoms with Gasteiger partial charge < -0.3 is 9.80 Å². The molecule has 6 heteroatoms. The quantitative estimate of drug-likeness (QED) is 0.827. The molecule has 0 N–H and O–H groups in total. The van der Waals surface area contributed by atoms with E-state index >= 15 is 0 Å². The molecule has 0 aromatic carbocycles. The van der Waals surface area contributed by atoms with Gasteiger partial charge in [0.2, 0.25) is 5.91 Å². The minimum Gasteiger partial charge on any atom is -0.342 e. The van der Waals surface area contributed by atoms with Crippen LogP contribution in [0.3, 0.4) is 0 Å². The molecule has 1 atom stereocenters. The van der Waals surface area contributed by atoms with Crippen LogP contribution in [0, 0.1) is 5.92 Å². The zero-order valence-electron chi connectivity index (χ0n) is 15.9. The van der Waals surface area contributed by atoms with Crippen LogP contribution in [0.25, 0.3) is 11.0 Å². The lowest BCUT2D eigenvalue weighted by Crippen LogP contribution is -2.33. The van der Waals surface area contributed by atoms with Crippen LogP contribution in [-0.2, 0) is 11.3 Å². The molecule has 1 aliphatic carbocycles. The Hall–Kier alpha value is -1.95. The fraction of sp³-hybridized carbons (Fsp3) is 0.650. The number of hydrogen-bond donors (Lipinski definition) is 0. The molecule has 4 rings (SSSR count). The number of amides is 1. The number of carbonyl (C=O) groups is 1. The maximum Gasteiger partial charge on any atom is 0.225 e. The van der Waals surface area contributed by atoms with Gasteiger partial charge in [0, 0.05) is 43.1 Å². The van der Waals surface area contributed by atoms with Crippen LogP contribution in [0.1, 0.15) is 43.7 Å². The van der Waals surface area contributed by atoms with E-state index < -0.39 is 0 Å². The van der Waals surface area contributed by atoms with Crippen molar-refractivity contribution in [2.75, 3.05) is 33.7 Å². The second-order valence-corrected chi connectivity index (χ2v) is 8.04. The number of nitrogens with zero attached hydrogens (tertiary/aromatic N) is 5. The fourth-order valence-corrected chi connectivity index (χ4v) is 4.40. The van der Waals surface area contributed by atoms with Gasteiger partial charge >= 0.3 is 0 Å². The van der Waals surface area contributed by atoms with Crippen molar-refractivity contribution in [2.45, 2.75) is 44.6 Å². The molecule has 6 nitrogen and oxygen atoms in total. The lowest BCUT2D eigenvalue weighted by molar-refractivity contribution is -0.134. The molecule has 2 aliphatic rings. The number of fused-ring (bicyclic) bond motifs is 1. The number of rotatable bonds is 5. The van der Waals surface area contributed by atoms with Gasteiger partial charge in [-0.1, -0.05) is 12.8 Å². The van der Waals surface area contributed by atoms with Crippen molar-refractivity contribution in [3.05, 3.63) is 24.0 Å². The van der Waals surface area contributed by atoms with Gasteiger partial charge in [0.15, 0.2) is 5.65 Å². The summed E-state index contributed by atoms with van der Waals surface area (Å²) in [6.07, 6.45) is 7.41. The van der Waals surface area contributed by atoms with Gasteiger partial charge in [-0.2, -0.15) is 5.10 Å². The average molecular weight is 355 g/mol. The largest absolute Gasteiger partial charge is 0.342 e. The van der Waals surface area contributed by atoms with Crippen molar-refractivity contribution in [2.24, 2.45) is 5.92 Å². The first-order chi connectivity index (χ1) is 12.6. The highest BCUT2D eigenvalue weighted by atomic mass is 16.2. The highest BCUT2D eigenvalue weighted by molar-refractivity contribution is 5.81. The molecule has 1 unspecified atom stereocenters. The van der Waals surface area contributed by atoms with Crippen molar-refractivity contribution in [1.82, 2.24) is 24.6 Å². The number of pyridine rings is 1. The maximum atomic E-state index is 12.8. The molecular formula is C20H29N5O. The molecule has 2 fully saturated rings. The molecule has 2 aromatic rings. The first-order valence-corrected chi connectivity index (χ1v) is 9.88. The van der Waals surface area contributed by atoms with Crippen molar-refractivity contribution in [1.29, 1.82) is 0 Å². The molecule has 2 aromatic heterocycles. The van der Waals surface area contributed by atoms with Gasteiger partial charge in [-0.15, -0.1) is 0 Å². The normalized spacial score (nSPS) is 21.3. The first-order valence-electron chi connectivity index (χ1n) is 9.88. The van der Waals surface area contributed by atoms with Crippen molar-refractivity contribution >= 4 is 16.9 Å². The van der Waals surface area contributed by atoms with E-state index in [0.29, 0.717) is 11.8 Å². The van der Waals surface area contributed by atoms with Gasteiger partial charge in [0.25, 0.3) is 0 Å². The summed E-state index contributed by atoms with van der Waals surface area (Å²) in [7, 11) is 4.15. The van der Waals surface area contributed by atoms with Gasteiger partial charge in [-0.25, -0.2) is 9.67 Å². The summed E-state index contributed by atoms with van der Waals surface area (Å²) in [4.78, 5) is 21.6. The zero-order valence-corrected chi connectivity index (χ0v) is 15.9. The van der Waals surface area contributed by atoms with Crippen molar-refractivity contribution in [3.63, 3.8) is 0 Å². The topological polar surface area (TPSA) is 54.3 Å².